The summed E-state index contributed by atoms with van der Waals surface area (Å²) < 4.78 is 27.1. The normalized spacial score (nSPS) is 26.2. The Bertz CT molecular complexity index is 342. The van der Waals surface area contributed by atoms with E-state index >= 15 is 0 Å². The molecule has 2 fully saturated rings. The molecule has 0 bridgehead atoms. The number of piperidine rings is 1. The summed E-state index contributed by atoms with van der Waals surface area (Å²) in [5.41, 5.74) is 0.194. The maximum absolute atomic E-state index is 12.1. The first-order valence-electron chi connectivity index (χ1n) is 6.71. The molecule has 0 aromatic carbocycles. The van der Waals surface area contributed by atoms with Crippen LogP contribution >= 0.6 is 0 Å². The topological polar surface area (TPSA) is 58.2 Å². The van der Waals surface area contributed by atoms with Crippen LogP contribution in [0.5, 0.6) is 0 Å². The van der Waals surface area contributed by atoms with Crippen LogP contribution in [0.3, 0.4) is 0 Å². The minimum absolute atomic E-state index is 0.186. The van der Waals surface area contributed by atoms with Gasteiger partial charge in [0.1, 0.15) is 0 Å². The zero-order valence-electron chi connectivity index (χ0n) is 10.7. The largest absolute Gasteiger partial charge is 0.317 e. The van der Waals surface area contributed by atoms with Crippen molar-refractivity contribution in [2.45, 2.75) is 50.7 Å². The third kappa shape index (κ3) is 3.42. The van der Waals surface area contributed by atoms with Crippen LogP contribution in [0.2, 0.25) is 0 Å². The lowest BCUT2D eigenvalue weighted by molar-refractivity contribution is 0.334. The Labute approximate surface area is 105 Å². The second kappa shape index (κ2) is 5.24. The van der Waals surface area contributed by atoms with Crippen LogP contribution in [-0.2, 0) is 10.0 Å². The first-order chi connectivity index (χ1) is 8.02. The van der Waals surface area contributed by atoms with E-state index in [-0.39, 0.29) is 10.7 Å². The molecule has 5 heteroatoms. The van der Waals surface area contributed by atoms with Crippen molar-refractivity contribution < 1.29 is 8.42 Å². The van der Waals surface area contributed by atoms with Crippen LogP contribution in [0.25, 0.3) is 0 Å². The van der Waals surface area contributed by atoms with Gasteiger partial charge in [-0.2, -0.15) is 0 Å². The summed E-state index contributed by atoms with van der Waals surface area (Å²) in [5.74, 6) is 0. The van der Waals surface area contributed by atoms with E-state index in [1.165, 1.54) is 12.8 Å². The van der Waals surface area contributed by atoms with Crippen LogP contribution in [0.1, 0.15) is 45.4 Å². The maximum atomic E-state index is 12.1. The Balaban J connectivity index is 1.88. The fourth-order valence-corrected chi connectivity index (χ4v) is 4.55. The molecule has 1 heterocycles. The van der Waals surface area contributed by atoms with E-state index in [1.54, 1.807) is 0 Å². The third-order valence-corrected chi connectivity index (χ3v) is 6.13. The van der Waals surface area contributed by atoms with Gasteiger partial charge in [0.05, 0.1) is 5.25 Å². The third-order valence-electron chi connectivity index (χ3n) is 4.24. The molecule has 1 saturated heterocycles. The van der Waals surface area contributed by atoms with Gasteiger partial charge in [-0.05, 0) is 44.2 Å². The fraction of sp³-hybridized carbons (Fsp3) is 1.00. The van der Waals surface area contributed by atoms with E-state index in [0.717, 1.165) is 38.8 Å². The summed E-state index contributed by atoms with van der Waals surface area (Å²) in [5, 5.41) is 3.01. The lowest BCUT2D eigenvalue weighted by Gasteiger charge is -2.27. The van der Waals surface area contributed by atoms with E-state index in [4.69, 9.17) is 0 Å². The molecule has 2 N–H and O–H groups in total. The van der Waals surface area contributed by atoms with Crippen molar-refractivity contribution in [1.29, 1.82) is 0 Å². The molecule has 0 amide bonds. The SMILES string of the molecule is CC1(CNS(=O)(=O)C2CCNCC2)CCCC1. The van der Waals surface area contributed by atoms with Crippen LogP contribution in [0.15, 0.2) is 0 Å². The standard InChI is InChI=1S/C12H24N2O2S/c1-12(6-2-3-7-12)10-14-17(15,16)11-4-8-13-9-5-11/h11,13-14H,2-10H2,1H3. The molecule has 2 rings (SSSR count). The Morgan fingerprint density at radius 3 is 2.41 bits per heavy atom. The second-order valence-corrected chi connectivity index (χ2v) is 7.88. The fourth-order valence-electron chi connectivity index (χ4n) is 2.90. The maximum Gasteiger partial charge on any atom is 0.214 e. The second-order valence-electron chi connectivity index (χ2n) is 5.83. The number of hydrogen-bond acceptors (Lipinski definition) is 3. The van der Waals surface area contributed by atoms with Crippen molar-refractivity contribution in [3.63, 3.8) is 0 Å². The molecule has 0 unspecified atom stereocenters. The predicted molar refractivity (Wildman–Crippen MR) is 69.4 cm³/mol. The first-order valence-corrected chi connectivity index (χ1v) is 8.26. The minimum atomic E-state index is -3.10. The van der Waals surface area contributed by atoms with Crippen molar-refractivity contribution in [3.8, 4) is 0 Å². The lowest BCUT2D eigenvalue weighted by atomic mass is 9.89. The Morgan fingerprint density at radius 2 is 1.82 bits per heavy atom. The lowest BCUT2D eigenvalue weighted by Crippen LogP contribution is -2.44. The Hall–Kier alpha value is -0.130. The monoisotopic (exact) mass is 260 g/mol. The number of rotatable bonds is 4. The predicted octanol–water partition coefficient (Wildman–Crippen LogP) is 1.24. The molecule has 0 spiro atoms. The number of nitrogens with one attached hydrogen (secondary N) is 2. The van der Waals surface area contributed by atoms with Crippen molar-refractivity contribution in [3.05, 3.63) is 0 Å². The zero-order valence-corrected chi connectivity index (χ0v) is 11.5. The molecular formula is C12H24N2O2S. The summed E-state index contributed by atoms with van der Waals surface area (Å²) in [6.07, 6.45) is 6.28. The summed E-state index contributed by atoms with van der Waals surface area (Å²) in [4.78, 5) is 0. The Morgan fingerprint density at radius 1 is 1.24 bits per heavy atom. The Kier molecular flexibility index (Phi) is 4.10. The quantitative estimate of drug-likeness (QED) is 0.799. The summed E-state index contributed by atoms with van der Waals surface area (Å²) in [6, 6.07) is 0. The average molecular weight is 260 g/mol. The molecule has 0 atom stereocenters. The molecule has 17 heavy (non-hydrogen) atoms. The van der Waals surface area contributed by atoms with Gasteiger partial charge < -0.3 is 5.32 Å². The van der Waals surface area contributed by atoms with Crippen molar-refractivity contribution in [2.75, 3.05) is 19.6 Å². The van der Waals surface area contributed by atoms with Gasteiger partial charge >= 0.3 is 0 Å². The van der Waals surface area contributed by atoms with E-state index in [1.807, 2.05) is 0 Å². The molecule has 1 saturated carbocycles. The van der Waals surface area contributed by atoms with Crippen molar-refractivity contribution in [1.82, 2.24) is 10.0 Å². The highest BCUT2D eigenvalue weighted by atomic mass is 32.2. The van der Waals surface area contributed by atoms with Crippen LogP contribution in [0.4, 0.5) is 0 Å². The highest BCUT2D eigenvalue weighted by Crippen LogP contribution is 2.36. The first kappa shape index (κ1) is 13.3. The molecule has 0 aromatic rings. The summed E-state index contributed by atoms with van der Waals surface area (Å²) in [7, 11) is -3.10. The molecular weight excluding hydrogens is 236 g/mol. The van der Waals surface area contributed by atoms with Gasteiger partial charge in [-0.15, -0.1) is 0 Å². The molecule has 1 aliphatic heterocycles. The molecule has 1 aliphatic carbocycles. The minimum Gasteiger partial charge on any atom is -0.317 e. The smallest absolute Gasteiger partial charge is 0.214 e. The highest BCUT2D eigenvalue weighted by Gasteiger charge is 2.32. The van der Waals surface area contributed by atoms with Crippen LogP contribution in [-0.4, -0.2) is 33.3 Å². The molecule has 2 aliphatic rings. The van der Waals surface area contributed by atoms with E-state index in [9.17, 15) is 8.42 Å². The van der Waals surface area contributed by atoms with Crippen LogP contribution < -0.4 is 10.0 Å². The zero-order chi connectivity index (χ0) is 12.4. The summed E-state index contributed by atoms with van der Waals surface area (Å²) >= 11 is 0. The van der Waals surface area contributed by atoms with Gasteiger partial charge in [-0.1, -0.05) is 19.8 Å². The number of hydrogen-bond donors (Lipinski definition) is 2. The molecule has 0 radical (unpaired) electrons. The van der Waals surface area contributed by atoms with Gasteiger partial charge in [0.25, 0.3) is 0 Å². The molecule has 100 valence electrons. The van der Waals surface area contributed by atoms with E-state index in [2.05, 4.69) is 17.0 Å². The van der Waals surface area contributed by atoms with Crippen molar-refractivity contribution >= 4 is 10.0 Å². The molecule has 4 nitrogen and oxygen atoms in total. The number of sulfonamides is 1. The summed E-state index contributed by atoms with van der Waals surface area (Å²) in [6.45, 7) is 4.47. The molecule has 0 aromatic heterocycles. The highest BCUT2D eigenvalue weighted by molar-refractivity contribution is 7.90. The van der Waals surface area contributed by atoms with Gasteiger partial charge in [0.2, 0.25) is 10.0 Å². The average Bonchev–Trinajstić information content (AvgIpc) is 2.76. The van der Waals surface area contributed by atoms with Gasteiger partial charge in [-0.25, -0.2) is 13.1 Å². The van der Waals surface area contributed by atoms with Gasteiger partial charge in [0.15, 0.2) is 0 Å². The van der Waals surface area contributed by atoms with Gasteiger partial charge in [0, 0.05) is 6.54 Å². The van der Waals surface area contributed by atoms with E-state index < -0.39 is 10.0 Å². The van der Waals surface area contributed by atoms with Crippen LogP contribution in [0, 0.1) is 5.41 Å². The van der Waals surface area contributed by atoms with Crippen molar-refractivity contribution in [2.24, 2.45) is 5.41 Å². The van der Waals surface area contributed by atoms with E-state index in [0.29, 0.717) is 6.54 Å². The van der Waals surface area contributed by atoms with Gasteiger partial charge in [-0.3, -0.25) is 0 Å².